The van der Waals surface area contributed by atoms with Gasteiger partial charge in [-0.15, -0.1) is 0 Å². The van der Waals surface area contributed by atoms with E-state index in [1.54, 1.807) is 0 Å². The van der Waals surface area contributed by atoms with Crippen molar-refractivity contribution in [2.75, 3.05) is 6.79 Å². The van der Waals surface area contributed by atoms with Gasteiger partial charge < -0.3 is 9.68 Å². The summed E-state index contributed by atoms with van der Waals surface area (Å²) in [6.45, 7) is 0.0390. The number of nitrogens with zero attached hydrogens (tertiary/aromatic N) is 2. The number of hydrogen-bond acceptors (Lipinski definition) is 4. The second kappa shape index (κ2) is 7.51. The van der Waals surface area contributed by atoms with E-state index in [1.807, 2.05) is 12.1 Å². The molecule has 2 aromatic rings. The molecule has 4 nitrogen and oxygen atoms in total. The molecule has 0 spiro atoms. The quantitative estimate of drug-likeness (QED) is 0.471. The van der Waals surface area contributed by atoms with Crippen LogP contribution in [0.5, 0.6) is 0 Å². The van der Waals surface area contributed by atoms with Gasteiger partial charge in [-0.3, -0.25) is 0 Å². The summed E-state index contributed by atoms with van der Waals surface area (Å²) in [7, 11) is 0. The molecule has 0 unspecified atom stereocenters. The Kier molecular flexibility index (Phi) is 4.77. The SMILES string of the molecule is c1ccc2c(c1)CCC/C2=N\OCO/N=C1\CCCc2ccccc21. The first-order valence-electron chi connectivity index (χ1n) is 8.96. The number of rotatable bonds is 4. The van der Waals surface area contributed by atoms with E-state index in [-0.39, 0.29) is 6.79 Å². The van der Waals surface area contributed by atoms with Crippen LogP contribution in [0.15, 0.2) is 58.8 Å². The Bertz CT molecular complexity index is 744. The average molecular weight is 334 g/mol. The molecular formula is C21H22N2O2. The Morgan fingerprint density at radius 1 is 0.640 bits per heavy atom. The summed E-state index contributed by atoms with van der Waals surface area (Å²) in [5.74, 6) is 0. The normalized spacial score (nSPS) is 19.4. The highest BCUT2D eigenvalue weighted by Crippen LogP contribution is 2.22. The predicted octanol–water partition coefficient (Wildman–Crippen LogP) is 4.46. The standard InChI is InChI=1S/C21H22N2O2/c1-3-11-18-16(7-1)9-5-13-20(18)22-24-15-25-23-21-14-6-10-17-8-2-4-12-19(17)21/h1-4,7-8,11-12H,5-6,9-10,13-15H2/b22-20+,23-21+. The lowest BCUT2D eigenvalue weighted by Crippen LogP contribution is -2.13. The number of fused-ring (bicyclic) bond motifs is 2. The van der Waals surface area contributed by atoms with Crippen molar-refractivity contribution >= 4 is 11.4 Å². The van der Waals surface area contributed by atoms with E-state index in [0.717, 1.165) is 49.9 Å². The fourth-order valence-corrected chi connectivity index (χ4v) is 3.62. The lowest BCUT2D eigenvalue weighted by atomic mass is 9.90. The summed E-state index contributed by atoms with van der Waals surface area (Å²) in [4.78, 5) is 10.7. The Hall–Kier alpha value is -2.62. The van der Waals surface area contributed by atoms with E-state index in [1.165, 1.54) is 22.3 Å². The van der Waals surface area contributed by atoms with Crippen LogP contribution in [0, 0.1) is 0 Å². The molecule has 0 N–H and O–H groups in total. The number of hydrogen-bond donors (Lipinski definition) is 0. The topological polar surface area (TPSA) is 43.2 Å². The maximum absolute atomic E-state index is 5.37. The van der Waals surface area contributed by atoms with Crippen molar-refractivity contribution in [1.29, 1.82) is 0 Å². The molecule has 0 aromatic heterocycles. The van der Waals surface area contributed by atoms with Gasteiger partial charge >= 0.3 is 0 Å². The number of oxime groups is 2. The van der Waals surface area contributed by atoms with Crippen LogP contribution in [0.4, 0.5) is 0 Å². The summed E-state index contributed by atoms with van der Waals surface area (Å²) in [6.07, 6.45) is 6.33. The highest BCUT2D eigenvalue weighted by Gasteiger charge is 2.16. The van der Waals surface area contributed by atoms with E-state index in [0.29, 0.717) is 0 Å². The molecule has 128 valence electrons. The fraction of sp³-hybridized carbons (Fsp3) is 0.333. The Morgan fingerprint density at radius 2 is 1.12 bits per heavy atom. The third-order valence-corrected chi connectivity index (χ3v) is 4.83. The zero-order chi connectivity index (χ0) is 16.9. The molecule has 0 saturated carbocycles. The maximum Gasteiger partial charge on any atom is 0.280 e. The highest BCUT2D eigenvalue weighted by atomic mass is 16.8. The van der Waals surface area contributed by atoms with E-state index in [4.69, 9.17) is 9.68 Å². The minimum atomic E-state index is 0.0390. The van der Waals surface area contributed by atoms with Gasteiger partial charge in [0.1, 0.15) is 0 Å². The van der Waals surface area contributed by atoms with Crippen LogP contribution in [-0.4, -0.2) is 18.2 Å². The second-order valence-corrected chi connectivity index (χ2v) is 6.47. The molecule has 0 heterocycles. The van der Waals surface area contributed by atoms with E-state index in [9.17, 15) is 0 Å². The molecule has 2 aromatic carbocycles. The van der Waals surface area contributed by atoms with Crippen molar-refractivity contribution in [2.24, 2.45) is 10.3 Å². The molecule has 0 radical (unpaired) electrons. The van der Waals surface area contributed by atoms with Crippen molar-refractivity contribution in [3.63, 3.8) is 0 Å². The summed E-state index contributed by atoms with van der Waals surface area (Å²) >= 11 is 0. The first-order chi connectivity index (χ1) is 12.4. The summed E-state index contributed by atoms with van der Waals surface area (Å²) < 4.78 is 0. The second-order valence-electron chi connectivity index (χ2n) is 6.47. The van der Waals surface area contributed by atoms with E-state index in [2.05, 4.69) is 46.7 Å². The van der Waals surface area contributed by atoms with Crippen LogP contribution >= 0.6 is 0 Å². The van der Waals surface area contributed by atoms with Gasteiger partial charge in [0.15, 0.2) is 0 Å². The molecule has 0 bridgehead atoms. The third-order valence-electron chi connectivity index (χ3n) is 4.83. The number of benzene rings is 2. The van der Waals surface area contributed by atoms with Crippen LogP contribution in [0.25, 0.3) is 0 Å². The smallest absolute Gasteiger partial charge is 0.280 e. The summed E-state index contributed by atoms with van der Waals surface area (Å²) in [6, 6.07) is 16.8. The molecule has 0 saturated heterocycles. The van der Waals surface area contributed by atoms with Crippen molar-refractivity contribution in [3.8, 4) is 0 Å². The van der Waals surface area contributed by atoms with Crippen LogP contribution in [0.2, 0.25) is 0 Å². The van der Waals surface area contributed by atoms with Crippen LogP contribution in [0.3, 0.4) is 0 Å². The van der Waals surface area contributed by atoms with Gasteiger partial charge in [-0.25, -0.2) is 0 Å². The molecule has 0 atom stereocenters. The van der Waals surface area contributed by atoms with Gasteiger partial charge in [-0.1, -0.05) is 58.8 Å². The van der Waals surface area contributed by atoms with Crippen molar-refractivity contribution < 1.29 is 9.68 Å². The van der Waals surface area contributed by atoms with Gasteiger partial charge in [0, 0.05) is 11.1 Å². The lowest BCUT2D eigenvalue weighted by Gasteiger charge is -2.17. The van der Waals surface area contributed by atoms with Crippen LogP contribution < -0.4 is 0 Å². The third kappa shape index (κ3) is 3.58. The Labute approximate surface area is 148 Å². The molecule has 4 rings (SSSR count). The van der Waals surface area contributed by atoms with Gasteiger partial charge in [-0.2, -0.15) is 0 Å². The molecule has 0 aliphatic heterocycles. The van der Waals surface area contributed by atoms with Crippen molar-refractivity contribution in [1.82, 2.24) is 0 Å². The first kappa shape index (κ1) is 15.9. The van der Waals surface area contributed by atoms with Crippen LogP contribution in [0.1, 0.15) is 47.9 Å². The largest absolute Gasteiger partial charge is 0.352 e. The monoisotopic (exact) mass is 334 g/mol. The molecule has 0 fully saturated rings. The predicted molar refractivity (Wildman–Crippen MR) is 98.9 cm³/mol. The van der Waals surface area contributed by atoms with Gasteiger partial charge in [0.25, 0.3) is 6.79 Å². The van der Waals surface area contributed by atoms with Gasteiger partial charge in [0.2, 0.25) is 0 Å². The Balaban J connectivity index is 1.37. The molecule has 0 amide bonds. The molecule has 2 aliphatic rings. The average Bonchev–Trinajstić information content (AvgIpc) is 2.68. The molecule has 25 heavy (non-hydrogen) atoms. The highest BCUT2D eigenvalue weighted by molar-refractivity contribution is 6.02. The van der Waals surface area contributed by atoms with E-state index >= 15 is 0 Å². The first-order valence-corrected chi connectivity index (χ1v) is 8.96. The fourth-order valence-electron chi connectivity index (χ4n) is 3.62. The molecule has 2 aliphatic carbocycles. The molecule has 4 heteroatoms. The lowest BCUT2D eigenvalue weighted by molar-refractivity contribution is -0.0508. The van der Waals surface area contributed by atoms with Crippen LogP contribution in [-0.2, 0) is 22.5 Å². The van der Waals surface area contributed by atoms with Crippen molar-refractivity contribution in [2.45, 2.75) is 38.5 Å². The maximum atomic E-state index is 5.37. The summed E-state index contributed by atoms with van der Waals surface area (Å²) in [5, 5.41) is 8.55. The zero-order valence-electron chi connectivity index (χ0n) is 14.3. The minimum absolute atomic E-state index is 0.0390. The van der Waals surface area contributed by atoms with Crippen molar-refractivity contribution in [3.05, 3.63) is 70.8 Å². The Morgan fingerprint density at radius 3 is 1.64 bits per heavy atom. The number of aryl methyl sites for hydroxylation is 2. The minimum Gasteiger partial charge on any atom is -0.352 e. The summed E-state index contributed by atoms with van der Waals surface area (Å²) in [5.41, 5.74) is 7.08. The zero-order valence-corrected chi connectivity index (χ0v) is 14.3. The molecular weight excluding hydrogens is 312 g/mol. The van der Waals surface area contributed by atoms with Gasteiger partial charge in [-0.05, 0) is 49.7 Å². The van der Waals surface area contributed by atoms with Gasteiger partial charge in [0.05, 0.1) is 11.4 Å². The van der Waals surface area contributed by atoms with E-state index < -0.39 is 0 Å².